The van der Waals surface area contributed by atoms with Crippen molar-refractivity contribution in [2.45, 2.75) is 6.04 Å². The fraction of sp³-hybridized carbons (Fsp3) is 0.200. The summed E-state index contributed by atoms with van der Waals surface area (Å²) in [5.74, 6) is 0.197. The Kier molecular flexibility index (Phi) is 2.58. The van der Waals surface area contributed by atoms with Crippen LogP contribution >= 0.6 is 0 Å². The van der Waals surface area contributed by atoms with E-state index < -0.39 is 0 Å². The van der Waals surface area contributed by atoms with Crippen LogP contribution in [0.1, 0.15) is 6.04 Å². The predicted octanol–water partition coefficient (Wildman–Crippen LogP) is 1.53. The summed E-state index contributed by atoms with van der Waals surface area (Å²) in [6, 6.07) is 9.45. The number of aromatic hydroxyl groups is 1. The summed E-state index contributed by atoms with van der Waals surface area (Å²) in [7, 11) is 0. The molecule has 0 atom stereocenters. The van der Waals surface area contributed by atoms with E-state index in [9.17, 15) is 5.11 Å². The number of nitrogens with one attached hydrogen (secondary N) is 1. The van der Waals surface area contributed by atoms with E-state index in [4.69, 9.17) is 5.73 Å². The van der Waals surface area contributed by atoms with Gasteiger partial charge in [-0.25, -0.2) is 0 Å². The molecule has 0 aliphatic carbocycles. The molecule has 6 nitrogen and oxygen atoms in total. The molecule has 1 saturated heterocycles. The van der Waals surface area contributed by atoms with Gasteiger partial charge in [0.1, 0.15) is 11.3 Å². The zero-order valence-corrected chi connectivity index (χ0v) is 11.3. The van der Waals surface area contributed by atoms with Crippen LogP contribution in [0.5, 0.6) is 5.75 Å². The van der Waals surface area contributed by atoms with Gasteiger partial charge in [0.2, 0.25) is 0 Å². The number of para-hydroxylation sites is 1. The number of hydrogen-bond acceptors (Lipinski definition) is 5. The number of anilines is 1. The Hall–Kier alpha value is -2.60. The van der Waals surface area contributed by atoms with Gasteiger partial charge in [-0.15, -0.1) is 10.2 Å². The van der Waals surface area contributed by atoms with Crippen LogP contribution in [-0.2, 0) is 0 Å². The first kappa shape index (κ1) is 12.2. The number of phenolic OH excluding ortho intramolecular Hbond substituents is 1. The van der Waals surface area contributed by atoms with Crippen molar-refractivity contribution in [2.75, 3.05) is 18.8 Å². The van der Waals surface area contributed by atoms with E-state index in [2.05, 4.69) is 20.1 Å². The largest absolute Gasteiger partial charge is 0.507 e. The van der Waals surface area contributed by atoms with Gasteiger partial charge in [-0.2, -0.15) is 0 Å². The smallest absolute Gasteiger partial charge is 0.134 e. The molecule has 4 N–H and O–H groups in total. The van der Waals surface area contributed by atoms with Crippen LogP contribution < -0.4 is 11.1 Å². The lowest BCUT2D eigenvalue weighted by molar-refractivity contribution is 0.352. The standard InChI is InChI=1S/C15H15N5O/c16-11-8-20(9-6-17-7-9)13-5-12(18-19-15(11)13)10-3-1-2-4-14(10)21/h1-5,8-9,17,21H,6-7,16H2. The minimum Gasteiger partial charge on any atom is -0.507 e. The van der Waals surface area contributed by atoms with Gasteiger partial charge in [0.15, 0.2) is 0 Å². The lowest BCUT2D eigenvalue weighted by atomic mass is 10.1. The van der Waals surface area contributed by atoms with Gasteiger partial charge in [0.05, 0.1) is 22.9 Å². The summed E-state index contributed by atoms with van der Waals surface area (Å²) in [6.07, 6.45) is 1.92. The monoisotopic (exact) mass is 281 g/mol. The molecule has 3 aromatic rings. The first-order valence-electron chi connectivity index (χ1n) is 6.87. The van der Waals surface area contributed by atoms with Crippen molar-refractivity contribution in [3.63, 3.8) is 0 Å². The third-order valence-corrected chi connectivity index (χ3v) is 3.94. The molecular weight excluding hydrogens is 266 g/mol. The average molecular weight is 281 g/mol. The Morgan fingerprint density at radius 3 is 2.76 bits per heavy atom. The van der Waals surface area contributed by atoms with E-state index in [1.165, 1.54) is 0 Å². The molecule has 0 bridgehead atoms. The van der Waals surface area contributed by atoms with Crippen LogP contribution in [-0.4, -0.2) is 33.0 Å². The molecule has 6 heteroatoms. The highest BCUT2D eigenvalue weighted by atomic mass is 16.3. The number of nitrogens with zero attached hydrogens (tertiary/aromatic N) is 3. The number of nitrogens with two attached hydrogens (primary N) is 1. The summed E-state index contributed by atoms with van der Waals surface area (Å²) < 4.78 is 2.14. The van der Waals surface area contributed by atoms with Crippen molar-refractivity contribution in [1.82, 2.24) is 20.1 Å². The first-order valence-corrected chi connectivity index (χ1v) is 6.87. The van der Waals surface area contributed by atoms with Crippen molar-refractivity contribution in [3.05, 3.63) is 36.5 Å². The summed E-state index contributed by atoms with van der Waals surface area (Å²) in [5.41, 5.74) is 9.63. The predicted molar refractivity (Wildman–Crippen MR) is 80.9 cm³/mol. The molecule has 1 aliphatic heterocycles. The van der Waals surface area contributed by atoms with E-state index in [-0.39, 0.29) is 5.75 Å². The molecule has 0 saturated carbocycles. The van der Waals surface area contributed by atoms with Gasteiger partial charge in [-0.3, -0.25) is 0 Å². The molecular formula is C15H15N5O. The second-order valence-electron chi connectivity index (χ2n) is 5.28. The van der Waals surface area contributed by atoms with Crippen molar-refractivity contribution < 1.29 is 5.11 Å². The highest BCUT2D eigenvalue weighted by molar-refractivity contribution is 5.90. The minimum absolute atomic E-state index is 0.197. The molecule has 0 radical (unpaired) electrons. The summed E-state index contributed by atoms with van der Waals surface area (Å²) >= 11 is 0. The molecule has 2 aromatic heterocycles. The van der Waals surface area contributed by atoms with Gasteiger partial charge in [0.25, 0.3) is 0 Å². The third kappa shape index (κ3) is 1.84. The van der Waals surface area contributed by atoms with E-state index in [1.54, 1.807) is 12.1 Å². The number of phenols is 1. The number of fused-ring (bicyclic) bond motifs is 1. The quantitative estimate of drug-likeness (QED) is 0.663. The number of rotatable bonds is 2. The lowest BCUT2D eigenvalue weighted by Gasteiger charge is -2.29. The van der Waals surface area contributed by atoms with Crippen molar-refractivity contribution in [1.29, 1.82) is 0 Å². The Morgan fingerprint density at radius 1 is 1.24 bits per heavy atom. The van der Waals surface area contributed by atoms with Gasteiger partial charge < -0.3 is 20.7 Å². The fourth-order valence-corrected chi connectivity index (χ4v) is 2.66. The maximum Gasteiger partial charge on any atom is 0.134 e. The summed E-state index contributed by atoms with van der Waals surface area (Å²) in [4.78, 5) is 0. The molecule has 1 aliphatic rings. The molecule has 106 valence electrons. The van der Waals surface area contributed by atoms with Crippen molar-refractivity contribution >= 4 is 16.7 Å². The van der Waals surface area contributed by atoms with Crippen LogP contribution in [0.25, 0.3) is 22.3 Å². The lowest BCUT2D eigenvalue weighted by Crippen LogP contribution is -2.43. The Morgan fingerprint density at radius 2 is 2.05 bits per heavy atom. The van der Waals surface area contributed by atoms with Gasteiger partial charge in [-0.1, -0.05) is 12.1 Å². The summed E-state index contributed by atoms with van der Waals surface area (Å²) in [5, 5.41) is 21.6. The van der Waals surface area contributed by atoms with Crippen LogP contribution in [0.2, 0.25) is 0 Å². The number of benzene rings is 1. The van der Waals surface area contributed by atoms with Gasteiger partial charge in [-0.05, 0) is 18.2 Å². The van der Waals surface area contributed by atoms with E-state index in [0.29, 0.717) is 28.5 Å². The van der Waals surface area contributed by atoms with Gasteiger partial charge in [0, 0.05) is 24.8 Å². The van der Waals surface area contributed by atoms with E-state index in [0.717, 1.165) is 18.6 Å². The minimum atomic E-state index is 0.197. The van der Waals surface area contributed by atoms with Gasteiger partial charge >= 0.3 is 0 Å². The van der Waals surface area contributed by atoms with E-state index in [1.807, 2.05) is 24.4 Å². The molecule has 1 aromatic carbocycles. The zero-order valence-electron chi connectivity index (χ0n) is 11.3. The van der Waals surface area contributed by atoms with Crippen LogP contribution in [0.15, 0.2) is 36.5 Å². The maximum absolute atomic E-state index is 9.97. The second kappa shape index (κ2) is 4.46. The Balaban J connectivity index is 1.91. The number of nitrogen functional groups attached to an aromatic ring is 1. The molecule has 0 spiro atoms. The summed E-state index contributed by atoms with van der Waals surface area (Å²) in [6.45, 7) is 1.86. The second-order valence-corrected chi connectivity index (χ2v) is 5.28. The molecule has 4 rings (SSSR count). The normalized spacial score (nSPS) is 15.2. The van der Waals surface area contributed by atoms with E-state index >= 15 is 0 Å². The Labute approximate surface area is 121 Å². The number of hydrogen-bond donors (Lipinski definition) is 3. The molecule has 21 heavy (non-hydrogen) atoms. The van der Waals surface area contributed by atoms with Crippen LogP contribution in [0, 0.1) is 0 Å². The third-order valence-electron chi connectivity index (χ3n) is 3.94. The topological polar surface area (TPSA) is 89.0 Å². The SMILES string of the molecule is Nc1cn(C2CNC2)c2cc(-c3ccccc3O)nnc12. The molecule has 1 fully saturated rings. The molecule has 0 unspecified atom stereocenters. The van der Waals surface area contributed by atoms with Crippen LogP contribution in [0.4, 0.5) is 5.69 Å². The fourth-order valence-electron chi connectivity index (χ4n) is 2.66. The van der Waals surface area contributed by atoms with Crippen molar-refractivity contribution in [2.24, 2.45) is 0 Å². The average Bonchev–Trinajstić information content (AvgIpc) is 2.74. The highest BCUT2D eigenvalue weighted by Crippen LogP contribution is 2.31. The molecule has 3 heterocycles. The van der Waals surface area contributed by atoms with Crippen molar-refractivity contribution in [3.8, 4) is 17.0 Å². The highest BCUT2D eigenvalue weighted by Gasteiger charge is 2.22. The zero-order chi connectivity index (χ0) is 14.4. The Bertz CT molecular complexity index is 822. The van der Waals surface area contributed by atoms with Crippen LogP contribution in [0.3, 0.4) is 0 Å². The number of aromatic nitrogens is 3. The maximum atomic E-state index is 9.97. The molecule has 0 amide bonds. The first-order chi connectivity index (χ1) is 10.2.